The molecule has 0 aliphatic carbocycles. The fourth-order valence-electron chi connectivity index (χ4n) is 1.27. The smallest absolute Gasteiger partial charge is 0.0363 e. The summed E-state index contributed by atoms with van der Waals surface area (Å²) in [6.07, 6.45) is 0. The Hall–Kier alpha value is -1.06. The van der Waals surface area contributed by atoms with Crippen molar-refractivity contribution in [3.8, 4) is 0 Å². The fraction of sp³-hybridized carbons (Fsp3) is 0.400. The Bertz CT molecular complexity index is 281. The summed E-state index contributed by atoms with van der Waals surface area (Å²) < 4.78 is 0. The van der Waals surface area contributed by atoms with Gasteiger partial charge in [0.2, 0.25) is 0 Å². The summed E-state index contributed by atoms with van der Waals surface area (Å²) in [5.41, 5.74) is 6.39. The highest BCUT2D eigenvalue weighted by Gasteiger charge is 1.99. The van der Waals surface area contributed by atoms with E-state index in [1.165, 1.54) is 16.8 Å². The van der Waals surface area contributed by atoms with Crippen LogP contribution in [0, 0.1) is 6.92 Å². The molecule has 0 amide bonds. The number of hydrogen-bond donors (Lipinski definition) is 2. The number of aryl methyl sites for hydroxylation is 1. The Morgan fingerprint density at radius 2 is 2.08 bits per heavy atom. The van der Waals surface area contributed by atoms with E-state index in [4.69, 9.17) is 5.84 Å². The molecule has 0 aliphatic heterocycles. The third-order valence-electron chi connectivity index (χ3n) is 2.14. The molecule has 1 aromatic carbocycles. The van der Waals surface area contributed by atoms with Gasteiger partial charge in [-0.15, -0.1) is 0 Å². The molecule has 0 atom stereocenters. The molecule has 3 N–H and O–H groups in total. The van der Waals surface area contributed by atoms with Crippen molar-refractivity contribution in [2.45, 2.75) is 13.5 Å². The first-order chi connectivity index (χ1) is 6.15. The number of hydrogen-bond acceptors (Lipinski definition) is 3. The molecule has 0 radical (unpaired) electrons. The second-order valence-electron chi connectivity index (χ2n) is 3.39. The topological polar surface area (TPSA) is 41.3 Å². The molecule has 0 bridgehead atoms. The molecule has 0 spiro atoms. The number of nitrogens with one attached hydrogen (secondary N) is 1. The number of anilines is 1. The summed E-state index contributed by atoms with van der Waals surface area (Å²) in [5, 5.41) is 0. The monoisotopic (exact) mass is 179 g/mol. The second-order valence-corrected chi connectivity index (χ2v) is 3.39. The summed E-state index contributed by atoms with van der Waals surface area (Å²) in [6, 6.07) is 6.36. The molecule has 0 saturated carbocycles. The lowest BCUT2D eigenvalue weighted by molar-refractivity contribution is 0.737. The maximum absolute atomic E-state index is 5.27. The van der Waals surface area contributed by atoms with Crippen molar-refractivity contribution in [2.24, 2.45) is 5.84 Å². The van der Waals surface area contributed by atoms with Gasteiger partial charge >= 0.3 is 0 Å². The van der Waals surface area contributed by atoms with Gasteiger partial charge in [0.1, 0.15) is 0 Å². The Labute approximate surface area is 79.5 Å². The van der Waals surface area contributed by atoms with Crippen LogP contribution in [0.1, 0.15) is 11.1 Å². The Kier molecular flexibility index (Phi) is 3.28. The Balaban J connectivity index is 2.92. The molecule has 3 nitrogen and oxygen atoms in total. The highest BCUT2D eigenvalue weighted by Crippen LogP contribution is 2.16. The van der Waals surface area contributed by atoms with Crippen LogP contribution in [-0.2, 0) is 6.54 Å². The Morgan fingerprint density at radius 3 is 2.54 bits per heavy atom. The van der Waals surface area contributed by atoms with Crippen molar-refractivity contribution >= 4 is 5.69 Å². The lowest BCUT2D eigenvalue weighted by Crippen LogP contribution is -2.21. The van der Waals surface area contributed by atoms with E-state index in [0.29, 0.717) is 0 Å². The molecular formula is C10H17N3. The lowest BCUT2D eigenvalue weighted by Gasteiger charge is -2.14. The van der Waals surface area contributed by atoms with E-state index < -0.39 is 0 Å². The van der Waals surface area contributed by atoms with Crippen LogP contribution in [0.3, 0.4) is 0 Å². The average Bonchev–Trinajstić information content (AvgIpc) is 2.08. The molecule has 72 valence electrons. The summed E-state index contributed by atoms with van der Waals surface area (Å²) in [5.74, 6) is 5.27. The van der Waals surface area contributed by atoms with Crippen molar-refractivity contribution in [3.05, 3.63) is 29.3 Å². The Morgan fingerprint density at radius 1 is 1.38 bits per heavy atom. The summed E-state index contributed by atoms with van der Waals surface area (Å²) in [7, 11) is 4.07. The quantitative estimate of drug-likeness (QED) is 0.538. The van der Waals surface area contributed by atoms with Crippen LogP contribution in [-0.4, -0.2) is 14.1 Å². The highest BCUT2D eigenvalue weighted by molar-refractivity contribution is 5.49. The average molecular weight is 179 g/mol. The van der Waals surface area contributed by atoms with Crippen LogP contribution >= 0.6 is 0 Å². The van der Waals surface area contributed by atoms with Crippen molar-refractivity contribution in [1.82, 2.24) is 5.43 Å². The number of rotatable bonds is 3. The maximum Gasteiger partial charge on any atom is 0.0363 e. The molecule has 0 unspecified atom stereocenters. The first-order valence-corrected chi connectivity index (χ1v) is 4.35. The van der Waals surface area contributed by atoms with Crippen LogP contribution in [0.15, 0.2) is 18.2 Å². The van der Waals surface area contributed by atoms with Crippen molar-refractivity contribution < 1.29 is 0 Å². The first-order valence-electron chi connectivity index (χ1n) is 4.35. The van der Waals surface area contributed by atoms with E-state index >= 15 is 0 Å². The molecule has 0 heterocycles. The van der Waals surface area contributed by atoms with Gasteiger partial charge in [0, 0.05) is 26.3 Å². The molecule has 1 aromatic rings. The van der Waals surface area contributed by atoms with E-state index in [0.717, 1.165) is 6.54 Å². The van der Waals surface area contributed by atoms with E-state index in [9.17, 15) is 0 Å². The minimum Gasteiger partial charge on any atom is -0.378 e. The molecule has 3 heteroatoms. The van der Waals surface area contributed by atoms with Gasteiger partial charge in [-0.1, -0.05) is 6.07 Å². The molecule has 0 aliphatic rings. The molecule has 1 rings (SSSR count). The largest absolute Gasteiger partial charge is 0.378 e. The third kappa shape index (κ3) is 2.44. The third-order valence-corrected chi connectivity index (χ3v) is 2.14. The lowest BCUT2D eigenvalue weighted by atomic mass is 10.1. The number of nitrogens with two attached hydrogens (primary N) is 1. The van der Waals surface area contributed by atoms with Gasteiger partial charge in [0.15, 0.2) is 0 Å². The minimum atomic E-state index is 0.722. The van der Waals surface area contributed by atoms with Crippen LogP contribution in [0.5, 0.6) is 0 Å². The molecular weight excluding hydrogens is 162 g/mol. The number of hydrazine groups is 1. The zero-order valence-corrected chi connectivity index (χ0v) is 8.46. The molecule has 13 heavy (non-hydrogen) atoms. The molecule has 0 saturated heterocycles. The van der Waals surface area contributed by atoms with E-state index in [1.54, 1.807) is 0 Å². The predicted octanol–water partition coefficient (Wildman–Crippen LogP) is 1.02. The summed E-state index contributed by atoms with van der Waals surface area (Å²) >= 11 is 0. The summed E-state index contributed by atoms with van der Waals surface area (Å²) in [6.45, 7) is 2.82. The molecule has 0 fully saturated rings. The predicted molar refractivity (Wildman–Crippen MR) is 56.5 cm³/mol. The van der Waals surface area contributed by atoms with E-state index in [1.807, 2.05) is 14.1 Å². The van der Waals surface area contributed by atoms with Crippen molar-refractivity contribution in [3.63, 3.8) is 0 Å². The second kappa shape index (κ2) is 4.25. The fourth-order valence-corrected chi connectivity index (χ4v) is 1.27. The zero-order valence-electron chi connectivity index (χ0n) is 8.46. The zero-order chi connectivity index (χ0) is 9.84. The molecule has 0 aromatic heterocycles. The van der Waals surface area contributed by atoms with Crippen LogP contribution < -0.4 is 16.2 Å². The van der Waals surface area contributed by atoms with Gasteiger partial charge in [-0.2, -0.15) is 0 Å². The maximum atomic E-state index is 5.27. The van der Waals surface area contributed by atoms with Crippen molar-refractivity contribution in [2.75, 3.05) is 19.0 Å². The van der Waals surface area contributed by atoms with Gasteiger partial charge in [-0.3, -0.25) is 11.3 Å². The van der Waals surface area contributed by atoms with Crippen LogP contribution in [0.2, 0.25) is 0 Å². The number of nitrogens with zero attached hydrogens (tertiary/aromatic N) is 1. The van der Waals surface area contributed by atoms with Crippen LogP contribution in [0.25, 0.3) is 0 Å². The number of benzene rings is 1. The van der Waals surface area contributed by atoms with Gasteiger partial charge < -0.3 is 4.90 Å². The summed E-state index contributed by atoms with van der Waals surface area (Å²) in [4.78, 5) is 2.09. The normalized spacial score (nSPS) is 10.2. The minimum absolute atomic E-state index is 0.722. The highest BCUT2D eigenvalue weighted by atomic mass is 15.2. The van der Waals surface area contributed by atoms with E-state index in [-0.39, 0.29) is 0 Å². The van der Waals surface area contributed by atoms with Gasteiger partial charge in [0.05, 0.1) is 0 Å². The standard InChI is InChI=1S/C10H17N3/c1-8-6-10(13(2)3)5-4-9(8)7-12-11/h4-6,12H,7,11H2,1-3H3. The van der Waals surface area contributed by atoms with Crippen molar-refractivity contribution in [1.29, 1.82) is 0 Å². The van der Waals surface area contributed by atoms with Crippen LogP contribution in [0.4, 0.5) is 5.69 Å². The first kappa shape index (κ1) is 10.0. The SMILES string of the molecule is Cc1cc(N(C)C)ccc1CNN. The van der Waals surface area contributed by atoms with Gasteiger partial charge in [-0.05, 0) is 30.2 Å². The van der Waals surface area contributed by atoms with Gasteiger partial charge in [0.25, 0.3) is 0 Å². The van der Waals surface area contributed by atoms with Gasteiger partial charge in [-0.25, -0.2) is 0 Å². The van der Waals surface area contributed by atoms with E-state index in [2.05, 4.69) is 35.4 Å².